The minimum absolute atomic E-state index is 0.110. The Labute approximate surface area is 138 Å². The molecule has 0 N–H and O–H groups in total. The van der Waals surface area contributed by atoms with E-state index >= 15 is 0 Å². The van der Waals surface area contributed by atoms with E-state index in [2.05, 4.69) is 11.8 Å². The average Bonchev–Trinajstić information content (AvgIpc) is 2.54. The first-order valence-corrected chi connectivity index (χ1v) is 8.80. The van der Waals surface area contributed by atoms with Gasteiger partial charge in [-0.25, -0.2) is 0 Å². The molecule has 22 heavy (non-hydrogen) atoms. The topological polar surface area (TPSA) is 23.6 Å². The minimum Gasteiger partial charge on any atom is -0.336 e. The summed E-state index contributed by atoms with van der Waals surface area (Å²) in [7, 11) is 0. The van der Waals surface area contributed by atoms with Crippen LogP contribution in [0.25, 0.3) is 0 Å². The van der Waals surface area contributed by atoms with Gasteiger partial charge in [-0.15, -0.1) is 0 Å². The van der Waals surface area contributed by atoms with Crippen LogP contribution in [0.1, 0.15) is 43.0 Å². The number of carbonyl (C=O) groups excluding carboxylic acids is 1. The molecule has 0 aromatic heterocycles. The van der Waals surface area contributed by atoms with E-state index < -0.39 is 0 Å². The maximum atomic E-state index is 12.5. The number of nitrogens with zero attached hydrogens (tertiary/aromatic N) is 2. The Hall–Kier alpha value is -1.06. The normalized spacial score (nSPS) is 26.9. The van der Waals surface area contributed by atoms with Crippen LogP contribution in [0.5, 0.6) is 0 Å². The van der Waals surface area contributed by atoms with Gasteiger partial charge in [0.25, 0.3) is 5.91 Å². The smallest absolute Gasteiger partial charge is 0.253 e. The monoisotopic (exact) mass is 320 g/mol. The van der Waals surface area contributed by atoms with E-state index in [4.69, 9.17) is 11.6 Å². The number of hydrogen-bond acceptors (Lipinski definition) is 2. The number of hydrogen-bond donors (Lipinski definition) is 0. The SMILES string of the molecule is C[C@@H]1CCC[C@@H](N2CCN(C(=O)c3cccc(Cl)c3)CC2)C1. The van der Waals surface area contributed by atoms with Crippen molar-refractivity contribution < 1.29 is 4.79 Å². The molecule has 120 valence electrons. The second kappa shape index (κ2) is 7.01. The fraction of sp³-hybridized carbons (Fsp3) is 0.611. The summed E-state index contributed by atoms with van der Waals surface area (Å²) in [5.41, 5.74) is 0.701. The molecular weight excluding hydrogens is 296 g/mol. The van der Waals surface area contributed by atoms with E-state index in [-0.39, 0.29) is 5.91 Å². The summed E-state index contributed by atoms with van der Waals surface area (Å²) in [5.74, 6) is 0.962. The summed E-state index contributed by atoms with van der Waals surface area (Å²) in [6.45, 7) is 6.03. The predicted octanol–water partition coefficient (Wildman–Crippen LogP) is 3.68. The highest BCUT2D eigenvalue weighted by Crippen LogP contribution is 2.28. The van der Waals surface area contributed by atoms with Crippen molar-refractivity contribution >= 4 is 17.5 Å². The summed E-state index contributed by atoms with van der Waals surface area (Å²) in [6, 6.07) is 7.99. The number of piperazine rings is 1. The molecule has 2 aliphatic rings. The fourth-order valence-electron chi connectivity index (χ4n) is 3.83. The van der Waals surface area contributed by atoms with Gasteiger partial charge >= 0.3 is 0 Å². The van der Waals surface area contributed by atoms with E-state index in [0.717, 1.165) is 38.1 Å². The predicted molar refractivity (Wildman–Crippen MR) is 90.3 cm³/mol. The molecule has 4 heteroatoms. The van der Waals surface area contributed by atoms with Crippen molar-refractivity contribution in [2.24, 2.45) is 5.92 Å². The van der Waals surface area contributed by atoms with Gasteiger partial charge in [0.1, 0.15) is 0 Å². The third-order valence-corrected chi connectivity index (χ3v) is 5.33. The molecule has 1 heterocycles. The lowest BCUT2D eigenvalue weighted by molar-refractivity contribution is 0.0489. The second-order valence-corrected chi connectivity index (χ2v) is 7.20. The van der Waals surface area contributed by atoms with Gasteiger partial charge < -0.3 is 4.90 Å². The van der Waals surface area contributed by atoms with E-state index in [9.17, 15) is 4.79 Å². The molecule has 1 saturated carbocycles. The van der Waals surface area contributed by atoms with Crippen LogP contribution in [0, 0.1) is 5.92 Å². The lowest BCUT2D eigenvalue weighted by Gasteiger charge is -2.42. The van der Waals surface area contributed by atoms with Crippen LogP contribution in [0.3, 0.4) is 0 Å². The zero-order valence-corrected chi connectivity index (χ0v) is 14.1. The molecule has 1 aromatic carbocycles. The second-order valence-electron chi connectivity index (χ2n) is 6.76. The Morgan fingerprint density at radius 1 is 1.18 bits per heavy atom. The van der Waals surface area contributed by atoms with E-state index in [1.165, 1.54) is 25.7 Å². The van der Waals surface area contributed by atoms with E-state index in [0.29, 0.717) is 10.6 Å². The van der Waals surface area contributed by atoms with Crippen LogP contribution >= 0.6 is 11.6 Å². The van der Waals surface area contributed by atoms with Gasteiger partial charge in [0, 0.05) is 42.8 Å². The maximum absolute atomic E-state index is 12.5. The molecule has 1 aromatic rings. The van der Waals surface area contributed by atoms with Crippen molar-refractivity contribution in [3.05, 3.63) is 34.9 Å². The van der Waals surface area contributed by atoms with Crippen molar-refractivity contribution in [2.75, 3.05) is 26.2 Å². The van der Waals surface area contributed by atoms with Gasteiger partial charge in [-0.2, -0.15) is 0 Å². The van der Waals surface area contributed by atoms with Gasteiger partial charge in [-0.3, -0.25) is 9.69 Å². The quantitative estimate of drug-likeness (QED) is 0.830. The number of carbonyl (C=O) groups is 1. The molecule has 0 unspecified atom stereocenters. The summed E-state index contributed by atoms with van der Waals surface area (Å²) >= 11 is 5.99. The first-order chi connectivity index (χ1) is 10.6. The van der Waals surface area contributed by atoms with Crippen LogP contribution in [-0.2, 0) is 0 Å². The summed E-state index contributed by atoms with van der Waals surface area (Å²) < 4.78 is 0. The Kier molecular flexibility index (Phi) is 5.04. The van der Waals surface area contributed by atoms with Crippen molar-refractivity contribution in [1.82, 2.24) is 9.80 Å². The Balaban J connectivity index is 1.56. The Morgan fingerprint density at radius 2 is 1.95 bits per heavy atom. The minimum atomic E-state index is 0.110. The third-order valence-electron chi connectivity index (χ3n) is 5.10. The first kappa shape index (κ1) is 15.8. The van der Waals surface area contributed by atoms with Gasteiger partial charge in [0.2, 0.25) is 0 Å². The van der Waals surface area contributed by atoms with E-state index in [1.807, 2.05) is 17.0 Å². The van der Waals surface area contributed by atoms with Crippen LogP contribution in [-0.4, -0.2) is 47.9 Å². The summed E-state index contributed by atoms with van der Waals surface area (Å²) in [6.07, 6.45) is 5.38. The third kappa shape index (κ3) is 3.64. The molecule has 3 nitrogen and oxygen atoms in total. The molecule has 3 rings (SSSR count). The van der Waals surface area contributed by atoms with Gasteiger partial charge in [-0.05, 0) is 37.0 Å². The van der Waals surface area contributed by atoms with Gasteiger partial charge in [0.15, 0.2) is 0 Å². The molecule has 1 saturated heterocycles. The molecule has 0 radical (unpaired) electrons. The number of halogens is 1. The molecule has 2 atom stereocenters. The largest absolute Gasteiger partial charge is 0.336 e. The molecule has 2 fully saturated rings. The van der Waals surface area contributed by atoms with Crippen LogP contribution in [0.2, 0.25) is 5.02 Å². The highest BCUT2D eigenvalue weighted by molar-refractivity contribution is 6.30. The zero-order chi connectivity index (χ0) is 15.5. The number of benzene rings is 1. The summed E-state index contributed by atoms with van der Waals surface area (Å²) in [5, 5.41) is 0.626. The van der Waals surface area contributed by atoms with Crippen molar-refractivity contribution in [1.29, 1.82) is 0 Å². The molecule has 1 aliphatic heterocycles. The van der Waals surface area contributed by atoms with Crippen molar-refractivity contribution in [3.8, 4) is 0 Å². The lowest BCUT2D eigenvalue weighted by atomic mass is 9.86. The molecule has 1 amide bonds. The lowest BCUT2D eigenvalue weighted by Crippen LogP contribution is -2.52. The Bertz CT molecular complexity index is 526. The van der Waals surface area contributed by atoms with Crippen LogP contribution < -0.4 is 0 Å². The molecule has 0 spiro atoms. The first-order valence-electron chi connectivity index (χ1n) is 8.42. The van der Waals surface area contributed by atoms with Crippen molar-refractivity contribution in [3.63, 3.8) is 0 Å². The average molecular weight is 321 g/mol. The number of amides is 1. The fourth-order valence-corrected chi connectivity index (χ4v) is 4.02. The molecule has 0 bridgehead atoms. The van der Waals surface area contributed by atoms with Gasteiger partial charge in [0.05, 0.1) is 0 Å². The number of rotatable bonds is 2. The highest BCUT2D eigenvalue weighted by atomic mass is 35.5. The van der Waals surface area contributed by atoms with Crippen LogP contribution in [0.15, 0.2) is 24.3 Å². The van der Waals surface area contributed by atoms with Crippen LogP contribution in [0.4, 0.5) is 0 Å². The standard InChI is InChI=1S/C18H25ClN2O/c1-14-4-2-7-17(12-14)20-8-10-21(11-9-20)18(22)15-5-3-6-16(19)13-15/h3,5-6,13-14,17H,2,4,7-12H2,1H3/t14-,17-/m1/s1. The van der Waals surface area contributed by atoms with E-state index in [1.54, 1.807) is 12.1 Å². The Morgan fingerprint density at radius 3 is 2.64 bits per heavy atom. The van der Waals surface area contributed by atoms with Gasteiger partial charge in [-0.1, -0.05) is 37.4 Å². The zero-order valence-electron chi connectivity index (χ0n) is 13.3. The molecular formula is C18H25ClN2O. The maximum Gasteiger partial charge on any atom is 0.253 e. The summed E-state index contributed by atoms with van der Waals surface area (Å²) in [4.78, 5) is 17.1. The highest BCUT2D eigenvalue weighted by Gasteiger charge is 2.29. The van der Waals surface area contributed by atoms with Crippen molar-refractivity contribution in [2.45, 2.75) is 38.6 Å². The molecule has 1 aliphatic carbocycles.